The number of rotatable bonds is 8. The highest BCUT2D eigenvalue weighted by Crippen LogP contribution is 2.33. The molecule has 5 aromatic rings. The molecule has 0 amide bonds. The summed E-state index contributed by atoms with van der Waals surface area (Å²) in [6.07, 6.45) is -1.09. The maximum absolute atomic E-state index is 15.9. The van der Waals surface area contributed by atoms with E-state index in [4.69, 9.17) is 4.74 Å². The van der Waals surface area contributed by atoms with Gasteiger partial charge in [0, 0.05) is 49.0 Å². The summed E-state index contributed by atoms with van der Waals surface area (Å²) in [5, 5.41) is 2.22. The van der Waals surface area contributed by atoms with Crippen molar-refractivity contribution in [3.63, 3.8) is 0 Å². The normalized spacial score (nSPS) is 12.2. The maximum Gasteiger partial charge on any atom is 0.135 e. The van der Waals surface area contributed by atoms with Crippen LogP contribution in [-0.2, 0) is 13.1 Å². The smallest absolute Gasteiger partial charge is 0.135 e. The number of aromatic nitrogens is 1. The Morgan fingerprint density at radius 3 is 2.11 bits per heavy atom. The molecule has 3 nitrogen and oxygen atoms in total. The van der Waals surface area contributed by atoms with Gasteiger partial charge in [-0.15, -0.1) is 0 Å². The molecule has 5 rings (SSSR count). The molecule has 1 atom stereocenters. The predicted molar refractivity (Wildman–Crippen MR) is 150 cm³/mol. The van der Waals surface area contributed by atoms with Crippen molar-refractivity contribution in [2.45, 2.75) is 19.3 Å². The highest BCUT2D eigenvalue weighted by Gasteiger charge is 2.19. The van der Waals surface area contributed by atoms with Gasteiger partial charge in [-0.05, 0) is 54.1 Å². The summed E-state index contributed by atoms with van der Waals surface area (Å²) in [5.74, 6) is 0.759. The molecule has 0 saturated carbocycles. The molecule has 0 aliphatic rings. The summed E-state index contributed by atoms with van der Waals surface area (Å²) >= 11 is 7.17. The first kappa shape index (κ1) is 23.9. The van der Waals surface area contributed by atoms with Crippen LogP contribution in [0.1, 0.15) is 5.56 Å². The molecular formula is C29H25Br2FN2O. The topological polar surface area (TPSA) is 17.4 Å². The molecule has 0 N–H and O–H groups in total. The fourth-order valence-corrected chi connectivity index (χ4v) is 5.33. The fraction of sp³-hybridized carbons (Fsp3) is 0.172. The zero-order chi connectivity index (χ0) is 24.4. The average Bonchev–Trinajstić information content (AvgIpc) is 3.16. The third-order valence-corrected chi connectivity index (χ3v) is 7.21. The molecule has 1 aromatic heterocycles. The zero-order valence-electron chi connectivity index (χ0n) is 19.3. The monoisotopic (exact) mass is 594 g/mol. The average molecular weight is 596 g/mol. The maximum atomic E-state index is 15.9. The van der Waals surface area contributed by atoms with Crippen molar-refractivity contribution in [1.82, 2.24) is 4.57 Å². The molecule has 6 heteroatoms. The molecule has 0 saturated heterocycles. The van der Waals surface area contributed by atoms with E-state index in [2.05, 4.69) is 77.7 Å². The number of hydrogen-bond acceptors (Lipinski definition) is 2. The van der Waals surface area contributed by atoms with Crippen molar-refractivity contribution >= 4 is 59.4 Å². The van der Waals surface area contributed by atoms with E-state index < -0.39 is 6.17 Å². The van der Waals surface area contributed by atoms with Gasteiger partial charge in [0.25, 0.3) is 0 Å². The van der Waals surface area contributed by atoms with Crippen molar-refractivity contribution in [2.24, 2.45) is 0 Å². The molecular weight excluding hydrogens is 571 g/mol. The van der Waals surface area contributed by atoms with Gasteiger partial charge in [-0.1, -0.05) is 68.3 Å². The molecule has 1 unspecified atom stereocenters. The van der Waals surface area contributed by atoms with Crippen LogP contribution in [0.5, 0.6) is 5.75 Å². The van der Waals surface area contributed by atoms with Gasteiger partial charge < -0.3 is 14.2 Å². The van der Waals surface area contributed by atoms with E-state index in [9.17, 15) is 0 Å². The number of halogens is 3. The second-order valence-electron chi connectivity index (χ2n) is 8.60. The lowest BCUT2D eigenvalue weighted by Crippen LogP contribution is -2.32. The van der Waals surface area contributed by atoms with E-state index in [1.165, 1.54) is 0 Å². The van der Waals surface area contributed by atoms with Gasteiger partial charge in [0.1, 0.15) is 11.9 Å². The van der Waals surface area contributed by atoms with E-state index in [1.54, 1.807) is 7.11 Å². The minimum atomic E-state index is -1.09. The van der Waals surface area contributed by atoms with Gasteiger partial charge in [-0.3, -0.25) is 0 Å². The Hall–Kier alpha value is -2.83. The van der Waals surface area contributed by atoms with Gasteiger partial charge in [-0.25, -0.2) is 4.39 Å². The third kappa shape index (κ3) is 5.24. The first-order valence-electron chi connectivity index (χ1n) is 11.5. The van der Waals surface area contributed by atoms with Crippen LogP contribution in [0.25, 0.3) is 21.8 Å². The van der Waals surface area contributed by atoms with Crippen molar-refractivity contribution in [3.8, 4) is 5.75 Å². The Morgan fingerprint density at radius 2 is 1.49 bits per heavy atom. The zero-order valence-corrected chi connectivity index (χ0v) is 22.5. The van der Waals surface area contributed by atoms with Gasteiger partial charge in [0.2, 0.25) is 0 Å². The number of nitrogens with zero attached hydrogens (tertiary/aromatic N) is 2. The van der Waals surface area contributed by atoms with Crippen molar-refractivity contribution in [3.05, 3.63) is 106 Å². The van der Waals surface area contributed by atoms with E-state index >= 15 is 4.39 Å². The molecule has 0 aliphatic carbocycles. The van der Waals surface area contributed by atoms with Crippen LogP contribution in [0.3, 0.4) is 0 Å². The lowest BCUT2D eigenvalue weighted by molar-refractivity contribution is 0.302. The highest BCUT2D eigenvalue weighted by atomic mass is 79.9. The van der Waals surface area contributed by atoms with E-state index in [0.29, 0.717) is 6.54 Å². The first-order chi connectivity index (χ1) is 17.0. The number of fused-ring (bicyclic) bond motifs is 3. The number of hydrogen-bond donors (Lipinski definition) is 0. The summed E-state index contributed by atoms with van der Waals surface area (Å²) < 4.78 is 25.4. The summed E-state index contributed by atoms with van der Waals surface area (Å²) in [4.78, 5) is 2.09. The Labute approximate surface area is 221 Å². The van der Waals surface area contributed by atoms with E-state index in [-0.39, 0.29) is 13.1 Å². The summed E-state index contributed by atoms with van der Waals surface area (Å²) in [6.45, 7) is 1.14. The minimum absolute atomic E-state index is 0.260. The quantitative estimate of drug-likeness (QED) is 0.179. The van der Waals surface area contributed by atoms with Gasteiger partial charge in [0.15, 0.2) is 0 Å². The molecule has 35 heavy (non-hydrogen) atoms. The molecule has 0 bridgehead atoms. The second kappa shape index (κ2) is 10.4. The molecule has 0 spiro atoms. The van der Waals surface area contributed by atoms with Gasteiger partial charge in [0.05, 0.1) is 20.2 Å². The number of anilines is 1. The molecule has 0 radical (unpaired) electrons. The summed E-state index contributed by atoms with van der Waals surface area (Å²) in [6, 6.07) is 30.3. The lowest BCUT2D eigenvalue weighted by atomic mass is 10.1. The van der Waals surface area contributed by atoms with Crippen LogP contribution in [-0.4, -0.2) is 24.4 Å². The standard InChI is InChI=1S/C29H25Br2FN2O/c1-35-25-9-5-8-24(16-25)33(17-20-6-3-2-4-7-20)18-23(32)19-34-28-12-10-21(30)14-26(28)27-15-22(31)11-13-29(27)34/h2-16,23H,17-19H2,1H3. The number of ether oxygens (including phenoxy) is 1. The lowest BCUT2D eigenvalue weighted by Gasteiger charge is -2.27. The molecule has 178 valence electrons. The van der Waals surface area contributed by atoms with Crippen molar-refractivity contribution in [1.29, 1.82) is 0 Å². The highest BCUT2D eigenvalue weighted by molar-refractivity contribution is 9.10. The number of methoxy groups -OCH3 is 1. The van der Waals surface area contributed by atoms with Crippen LogP contribution >= 0.6 is 31.9 Å². The molecule has 1 heterocycles. The number of alkyl halides is 1. The fourth-order valence-electron chi connectivity index (χ4n) is 4.61. The Kier molecular flexibility index (Phi) is 7.12. The predicted octanol–water partition coefficient (Wildman–Crippen LogP) is 8.37. The first-order valence-corrected chi connectivity index (χ1v) is 13.0. The molecule has 0 fully saturated rings. The minimum Gasteiger partial charge on any atom is -0.497 e. The SMILES string of the molecule is COc1cccc(N(Cc2ccccc2)CC(F)Cn2c3ccc(Br)cc3c3cc(Br)ccc32)c1. The van der Waals surface area contributed by atoms with Crippen molar-refractivity contribution in [2.75, 3.05) is 18.6 Å². The molecule has 4 aromatic carbocycles. The van der Waals surface area contributed by atoms with E-state index in [1.807, 2.05) is 54.6 Å². The Morgan fingerprint density at radius 1 is 0.829 bits per heavy atom. The van der Waals surface area contributed by atoms with Crippen LogP contribution in [0, 0.1) is 0 Å². The summed E-state index contributed by atoms with van der Waals surface area (Å²) in [7, 11) is 1.65. The number of benzene rings is 4. The van der Waals surface area contributed by atoms with Gasteiger partial charge in [-0.2, -0.15) is 0 Å². The Balaban J connectivity index is 1.48. The Bertz CT molecular complexity index is 1410. The van der Waals surface area contributed by atoms with Crippen LogP contribution in [0.2, 0.25) is 0 Å². The van der Waals surface area contributed by atoms with Crippen LogP contribution in [0.15, 0.2) is 99.9 Å². The largest absolute Gasteiger partial charge is 0.497 e. The van der Waals surface area contributed by atoms with E-state index in [0.717, 1.165) is 47.8 Å². The van der Waals surface area contributed by atoms with Gasteiger partial charge >= 0.3 is 0 Å². The second-order valence-corrected chi connectivity index (χ2v) is 10.4. The van der Waals surface area contributed by atoms with Crippen LogP contribution in [0.4, 0.5) is 10.1 Å². The van der Waals surface area contributed by atoms with Crippen LogP contribution < -0.4 is 9.64 Å². The molecule has 0 aliphatic heterocycles. The van der Waals surface area contributed by atoms with Crippen molar-refractivity contribution < 1.29 is 9.13 Å². The third-order valence-electron chi connectivity index (χ3n) is 6.22. The summed E-state index contributed by atoms with van der Waals surface area (Å²) in [5.41, 5.74) is 4.12.